The molecule has 0 aliphatic heterocycles. The standard InChI is InChI=1S/C23H24ClN3O2.C2H7N/c1-16(25-3)9-12-29-23-20(15-28)14-19(17(2)22(23)24)13-18-5-7-21(8-6-18)27-11-4-10-26-27;1-3-2/h4-8,10-11,14-15H,9,12-13H2,1-3H3;3H,1-2H3. The van der Waals surface area contributed by atoms with E-state index < -0.39 is 0 Å². The number of benzene rings is 2. The molecule has 0 saturated carbocycles. The number of halogens is 1. The van der Waals surface area contributed by atoms with Gasteiger partial charge in [-0.15, -0.1) is 0 Å². The highest BCUT2D eigenvalue weighted by atomic mass is 35.5. The van der Waals surface area contributed by atoms with Crippen LogP contribution < -0.4 is 10.1 Å². The van der Waals surface area contributed by atoms with Gasteiger partial charge in [0.15, 0.2) is 6.29 Å². The first-order chi connectivity index (χ1) is 15.4. The summed E-state index contributed by atoms with van der Waals surface area (Å²) in [5.41, 5.74) is 5.50. The van der Waals surface area contributed by atoms with Crippen LogP contribution in [0, 0.1) is 6.92 Å². The summed E-state index contributed by atoms with van der Waals surface area (Å²) in [5, 5.41) is 7.48. The van der Waals surface area contributed by atoms with E-state index in [0.717, 1.165) is 34.4 Å². The molecule has 0 spiro atoms. The van der Waals surface area contributed by atoms with Crippen molar-refractivity contribution in [3.63, 3.8) is 0 Å². The number of nitrogens with one attached hydrogen (secondary N) is 1. The molecular formula is C25H31ClN4O2. The van der Waals surface area contributed by atoms with Crippen LogP contribution in [-0.2, 0) is 6.42 Å². The molecule has 7 heteroatoms. The molecule has 0 amide bonds. The van der Waals surface area contributed by atoms with Gasteiger partial charge in [0.25, 0.3) is 0 Å². The van der Waals surface area contributed by atoms with Gasteiger partial charge in [0.2, 0.25) is 0 Å². The van der Waals surface area contributed by atoms with Gasteiger partial charge in [-0.25, -0.2) is 4.68 Å². The Hall–Kier alpha value is -2.96. The van der Waals surface area contributed by atoms with Gasteiger partial charge in [-0.3, -0.25) is 9.79 Å². The molecule has 0 unspecified atom stereocenters. The highest BCUT2D eigenvalue weighted by molar-refractivity contribution is 6.33. The Morgan fingerprint density at radius 2 is 1.97 bits per heavy atom. The third-order valence-electron chi connectivity index (χ3n) is 4.92. The minimum absolute atomic E-state index is 0.428. The molecule has 0 bridgehead atoms. The Balaban J connectivity index is 0.00000114. The van der Waals surface area contributed by atoms with Crippen LogP contribution in [0.5, 0.6) is 5.75 Å². The van der Waals surface area contributed by atoms with Gasteiger partial charge < -0.3 is 10.1 Å². The lowest BCUT2D eigenvalue weighted by Gasteiger charge is -2.16. The summed E-state index contributed by atoms with van der Waals surface area (Å²) in [6, 6.07) is 11.9. The Labute approximate surface area is 195 Å². The van der Waals surface area contributed by atoms with Crippen molar-refractivity contribution in [2.75, 3.05) is 27.7 Å². The number of carbonyl (C=O) groups is 1. The van der Waals surface area contributed by atoms with E-state index in [9.17, 15) is 4.79 Å². The zero-order valence-electron chi connectivity index (χ0n) is 19.4. The predicted molar refractivity (Wildman–Crippen MR) is 132 cm³/mol. The maximum absolute atomic E-state index is 11.7. The van der Waals surface area contributed by atoms with Crippen molar-refractivity contribution in [3.05, 3.63) is 76.1 Å². The fourth-order valence-corrected chi connectivity index (χ4v) is 3.32. The van der Waals surface area contributed by atoms with E-state index in [1.54, 1.807) is 13.2 Å². The summed E-state index contributed by atoms with van der Waals surface area (Å²) >= 11 is 6.56. The number of aliphatic imine (C=N–C) groups is 1. The van der Waals surface area contributed by atoms with E-state index in [0.29, 0.717) is 35.8 Å². The average molecular weight is 455 g/mol. The third-order valence-corrected chi connectivity index (χ3v) is 5.38. The zero-order chi connectivity index (χ0) is 23.5. The lowest BCUT2D eigenvalue weighted by atomic mass is 9.97. The Bertz CT molecular complexity index is 1030. The predicted octanol–water partition coefficient (Wildman–Crippen LogP) is 4.93. The van der Waals surface area contributed by atoms with Crippen LogP contribution in [0.2, 0.25) is 5.02 Å². The van der Waals surface area contributed by atoms with E-state index in [1.165, 1.54) is 0 Å². The number of rotatable bonds is 8. The summed E-state index contributed by atoms with van der Waals surface area (Å²) in [6.07, 6.45) is 5.82. The molecule has 3 aromatic rings. The Kier molecular flexibility index (Phi) is 10.1. The normalized spacial score (nSPS) is 11.0. The van der Waals surface area contributed by atoms with Crippen molar-refractivity contribution in [3.8, 4) is 11.4 Å². The molecule has 0 atom stereocenters. The van der Waals surface area contributed by atoms with Crippen LogP contribution in [0.25, 0.3) is 5.69 Å². The molecule has 0 aliphatic rings. The lowest BCUT2D eigenvalue weighted by Crippen LogP contribution is -2.07. The molecule has 3 rings (SSSR count). The van der Waals surface area contributed by atoms with Gasteiger partial charge >= 0.3 is 0 Å². The van der Waals surface area contributed by atoms with E-state index in [1.807, 2.05) is 63.1 Å². The SMILES string of the molecule is CN=C(C)CCOc1c(C=O)cc(Cc2ccc(-n3cccn3)cc2)c(C)c1Cl.CNC. The van der Waals surface area contributed by atoms with Crippen LogP contribution in [-0.4, -0.2) is 49.5 Å². The molecule has 0 aliphatic carbocycles. The van der Waals surface area contributed by atoms with Gasteiger partial charge in [-0.05, 0) is 75.3 Å². The molecule has 2 aromatic carbocycles. The number of nitrogens with zero attached hydrogens (tertiary/aromatic N) is 3. The van der Waals surface area contributed by atoms with E-state index in [4.69, 9.17) is 16.3 Å². The quantitative estimate of drug-likeness (QED) is 0.387. The van der Waals surface area contributed by atoms with Crippen molar-refractivity contribution in [1.82, 2.24) is 15.1 Å². The van der Waals surface area contributed by atoms with Crippen molar-refractivity contribution >= 4 is 23.6 Å². The lowest BCUT2D eigenvalue weighted by molar-refractivity contribution is 0.111. The molecule has 1 aromatic heterocycles. The third kappa shape index (κ3) is 6.77. The number of aldehydes is 1. The zero-order valence-corrected chi connectivity index (χ0v) is 20.1. The number of aromatic nitrogens is 2. The van der Waals surface area contributed by atoms with Crippen molar-refractivity contribution in [2.45, 2.75) is 26.7 Å². The Morgan fingerprint density at radius 1 is 1.28 bits per heavy atom. The molecule has 6 nitrogen and oxygen atoms in total. The van der Waals surface area contributed by atoms with Crippen LogP contribution in [0.3, 0.4) is 0 Å². The van der Waals surface area contributed by atoms with Crippen LogP contribution in [0.4, 0.5) is 0 Å². The number of carbonyl (C=O) groups excluding carboxylic acids is 1. The number of hydrogen-bond acceptors (Lipinski definition) is 5. The summed E-state index contributed by atoms with van der Waals surface area (Å²) in [7, 11) is 5.50. The highest BCUT2D eigenvalue weighted by Gasteiger charge is 2.16. The average Bonchev–Trinajstić information content (AvgIpc) is 3.34. The highest BCUT2D eigenvalue weighted by Crippen LogP contribution is 2.34. The minimum Gasteiger partial charge on any atom is -0.491 e. The second-order valence-electron chi connectivity index (χ2n) is 7.36. The number of ether oxygens (including phenoxy) is 1. The first kappa shape index (κ1) is 25.3. The molecule has 32 heavy (non-hydrogen) atoms. The molecule has 1 heterocycles. The summed E-state index contributed by atoms with van der Waals surface area (Å²) in [4.78, 5) is 15.8. The topological polar surface area (TPSA) is 68.5 Å². The second kappa shape index (κ2) is 12.8. The Morgan fingerprint density at radius 3 is 2.53 bits per heavy atom. The van der Waals surface area contributed by atoms with Gasteiger partial charge in [-0.1, -0.05) is 23.7 Å². The first-order valence-corrected chi connectivity index (χ1v) is 10.8. The maximum Gasteiger partial charge on any atom is 0.153 e. The number of hydrogen-bond donors (Lipinski definition) is 1. The largest absolute Gasteiger partial charge is 0.491 e. The van der Waals surface area contributed by atoms with Crippen LogP contribution in [0.1, 0.15) is 40.4 Å². The summed E-state index contributed by atoms with van der Waals surface area (Å²) in [6.45, 7) is 4.32. The fourth-order valence-electron chi connectivity index (χ4n) is 3.04. The smallest absolute Gasteiger partial charge is 0.153 e. The summed E-state index contributed by atoms with van der Waals surface area (Å²) < 4.78 is 7.63. The van der Waals surface area contributed by atoms with Gasteiger partial charge in [0, 0.05) is 31.6 Å². The molecule has 0 radical (unpaired) electrons. The monoisotopic (exact) mass is 454 g/mol. The van der Waals surface area contributed by atoms with Crippen molar-refractivity contribution < 1.29 is 9.53 Å². The second-order valence-corrected chi connectivity index (χ2v) is 7.74. The van der Waals surface area contributed by atoms with Gasteiger partial charge in [-0.2, -0.15) is 5.10 Å². The van der Waals surface area contributed by atoms with E-state index >= 15 is 0 Å². The molecule has 170 valence electrons. The first-order valence-electron chi connectivity index (χ1n) is 10.4. The molecule has 1 N–H and O–H groups in total. The van der Waals surface area contributed by atoms with E-state index in [-0.39, 0.29) is 0 Å². The van der Waals surface area contributed by atoms with Crippen molar-refractivity contribution in [1.29, 1.82) is 0 Å². The maximum atomic E-state index is 11.7. The van der Waals surface area contributed by atoms with Crippen LogP contribution >= 0.6 is 11.6 Å². The van der Waals surface area contributed by atoms with Crippen LogP contribution in [0.15, 0.2) is 53.8 Å². The van der Waals surface area contributed by atoms with E-state index in [2.05, 4.69) is 27.5 Å². The van der Waals surface area contributed by atoms with Gasteiger partial charge in [0.05, 0.1) is 22.9 Å². The summed E-state index contributed by atoms with van der Waals surface area (Å²) in [5.74, 6) is 0.445. The fraction of sp³-hybridized carbons (Fsp3) is 0.320. The van der Waals surface area contributed by atoms with Gasteiger partial charge in [0.1, 0.15) is 5.75 Å². The molecular weight excluding hydrogens is 424 g/mol. The molecule has 0 fully saturated rings. The molecule has 0 saturated heterocycles. The minimum atomic E-state index is 0.428. The van der Waals surface area contributed by atoms with Crippen molar-refractivity contribution in [2.24, 2.45) is 4.99 Å².